The van der Waals surface area contributed by atoms with Gasteiger partial charge in [-0.1, -0.05) is 6.07 Å². The van der Waals surface area contributed by atoms with Crippen molar-refractivity contribution in [2.24, 2.45) is 0 Å². The Balaban J connectivity index is 1.81. The maximum absolute atomic E-state index is 14.0. The highest BCUT2D eigenvalue weighted by atomic mass is 32.2. The molecular formula is C15H17FN2OS. The molecule has 2 aromatic rings. The number of halogens is 1. The minimum atomic E-state index is -0.178. The number of rotatable bonds is 5. The lowest BCUT2D eigenvalue weighted by molar-refractivity contribution is 0.431. The lowest BCUT2D eigenvalue weighted by Gasteiger charge is -2.09. The largest absolute Gasteiger partial charge is 0.436 e. The Bertz CT molecular complexity index is 603. The fraction of sp³-hybridized carbons (Fsp3) is 0.400. The van der Waals surface area contributed by atoms with Gasteiger partial charge >= 0.3 is 0 Å². The molecule has 1 N–H and O–H groups in total. The minimum absolute atomic E-state index is 0.178. The maximum atomic E-state index is 14.0. The molecule has 0 atom stereocenters. The van der Waals surface area contributed by atoms with Gasteiger partial charge in [0.1, 0.15) is 11.6 Å². The molecule has 3 rings (SSSR count). The number of hydrogen-bond donors (Lipinski definition) is 1. The summed E-state index contributed by atoms with van der Waals surface area (Å²) >= 11 is 1.38. The van der Waals surface area contributed by atoms with Gasteiger partial charge in [0.05, 0.1) is 5.69 Å². The third kappa shape index (κ3) is 3.04. The van der Waals surface area contributed by atoms with Crippen molar-refractivity contribution in [2.45, 2.75) is 49.4 Å². The maximum Gasteiger partial charge on any atom is 0.261 e. The lowest BCUT2D eigenvalue weighted by Crippen LogP contribution is -2.16. The number of nitrogens with zero attached hydrogens (tertiary/aromatic N) is 1. The van der Waals surface area contributed by atoms with Gasteiger partial charge < -0.3 is 9.73 Å². The van der Waals surface area contributed by atoms with Gasteiger partial charge in [0.15, 0.2) is 0 Å². The molecule has 20 heavy (non-hydrogen) atoms. The van der Waals surface area contributed by atoms with Crippen LogP contribution in [-0.2, 0) is 6.54 Å². The van der Waals surface area contributed by atoms with Gasteiger partial charge in [-0.3, -0.25) is 0 Å². The summed E-state index contributed by atoms with van der Waals surface area (Å²) in [5.41, 5.74) is 1.57. The van der Waals surface area contributed by atoms with Crippen molar-refractivity contribution in [3.05, 3.63) is 41.0 Å². The van der Waals surface area contributed by atoms with E-state index in [0.29, 0.717) is 23.4 Å². The second kappa shape index (κ2) is 5.58. The minimum Gasteiger partial charge on any atom is -0.436 e. The SMILES string of the molecule is Cc1nc(Sc2cccc(F)c2CNC2CC2)oc1C. The van der Waals surface area contributed by atoms with Crippen LogP contribution in [0.5, 0.6) is 0 Å². The average molecular weight is 292 g/mol. The van der Waals surface area contributed by atoms with E-state index in [9.17, 15) is 4.39 Å². The summed E-state index contributed by atoms with van der Waals surface area (Å²) in [6, 6.07) is 5.69. The molecule has 1 heterocycles. The van der Waals surface area contributed by atoms with Crippen LogP contribution in [-0.4, -0.2) is 11.0 Å². The Labute approximate surface area is 122 Å². The lowest BCUT2D eigenvalue weighted by atomic mass is 10.2. The third-order valence-electron chi connectivity index (χ3n) is 3.43. The highest BCUT2D eigenvalue weighted by Gasteiger charge is 2.22. The van der Waals surface area contributed by atoms with Gasteiger partial charge in [0.2, 0.25) is 0 Å². The third-order valence-corrected chi connectivity index (χ3v) is 4.38. The van der Waals surface area contributed by atoms with Crippen LogP contribution in [0.3, 0.4) is 0 Å². The fourth-order valence-electron chi connectivity index (χ4n) is 1.92. The summed E-state index contributed by atoms with van der Waals surface area (Å²) in [5, 5.41) is 3.92. The molecule has 3 nitrogen and oxygen atoms in total. The van der Waals surface area contributed by atoms with E-state index in [-0.39, 0.29) is 5.82 Å². The molecule has 0 amide bonds. The second-order valence-electron chi connectivity index (χ2n) is 5.10. The number of nitrogens with one attached hydrogen (secondary N) is 1. The molecule has 1 fully saturated rings. The molecule has 0 bridgehead atoms. The molecule has 5 heteroatoms. The van der Waals surface area contributed by atoms with Gasteiger partial charge in [-0.15, -0.1) is 0 Å². The fourth-order valence-corrected chi connectivity index (χ4v) is 2.90. The molecule has 1 aromatic heterocycles. The standard InChI is InChI=1S/C15H17FN2OS/c1-9-10(2)19-15(18-9)20-14-5-3-4-13(16)12(14)8-17-11-6-7-11/h3-5,11,17H,6-8H2,1-2H3. The highest BCUT2D eigenvalue weighted by molar-refractivity contribution is 7.99. The number of oxazole rings is 1. The monoisotopic (exact) mass is 292 g/mol. The van der Waals surface area contributed by atoms with Crippen molar-refractivity contribution >= 4 is 11.8 Å². The van der Waals surface area contributed by atoms with Crippen molar-refractivity contribution < 1.29 is 8.81 Å². The number of aromatic nitrogens is 1. The number of benzene rings is 1. The quantitative estimate of drug-likeness (QED) is 0.909. The summed E-state index contributed by atoms with van der Waals surface area (Å²) in [6.07, 6.45) is 2.38. The predicted octanol–water partition coefficient (Wildman–Crippen LogP) is 3.83. The van der Waals surface area contributed by atoms with E-state index in [0.717, 1.165) is 16.3 Å². The summed E-state index contributed by atoms with van der Waals surface area (Å²) in [4.78, 5) is 5.20. The van der Waals surface area contributed by atoms with Gasteiger partial charge in [-0.2, -0.15) is 0 Å². The molecular weight excluding hydrogens is 275 g/mol. The van der Waals surface area contributed by atoms with Crippen molar-refractivity contribution in [1.82, 2.24) is 10.3 Å². The Morgan fingerprint density at radius 3 is 2.85 bits per heavy atom. The van der Waals surface area contributed by atoms with Crippen LogP contribution in [0, 0.1) is 19.7 Å². The van der Waals surface area contributed by atoms with Crippen LogP contribution in [0.25, 0.3) is 0 Å². The smallest absolute Gasteiger partial charge is 0.261 e. The first kappa shape index (κ1) is 13.6. The molecule has 0 aliphatic heterocycles. The Kier molecular flexibility index (Phi) is 3.81. The Morgan fingerprint density at radius 1 is 1.40 bits per heavy atom. The molecule has 1 saturated carbocycles. The number of hydrogen-bond acceptors (Lipinski definition) is 4. The molecule has 0 saturated heterocycles. The van der Waals surface area contributed by atoms with Crippen LogP contribution in [0.1, 0.15) is 29.9 Å². The van der Waals surface area contributed by atoms with E-state index in [2.05, 4.69) is 10.3 Å². The Morgan fingerprint density at radius 2 is 2.20 bits per heavy atom. The van der Waals surface area contributed by atoms with Crippen LogP contribution >= 0.6 is 11.8 Å². The van der Waals surface area contributed by atoms with E-state index in [4.69, 9.17) is 4.42 Å². The zero-order chi connectivity index (χ0) is 14.1. The molecule has 1 aromatic carbocycles. The zero-order valence-corrected chi connectivity index (χ0v) is 12.4. The van der Waals surface area contributed by atoms with Gasteiger partial charge in [0.25, 0.3) is 5.22 Å². The number of aryl methyl sites for hydroxylation is 2. The van der Waals surface area contributed by atoms with Crippen molar-refractivity contribution in [2.75, 3.05) is 0 Å². The normalized spacial score (nSPS) is 14.8. The molecule has 1 aliphatic rings. The topological polar surface area (TPSA) is 38.1 Å². The van der Waals surface area contributed by atoms with Crippen LogP contribution < -0.4 is 5.32 Å². The predicted molar refractivity (Wildman–Crippen MR) is 76.4 cm³/mol. The molecule has 106 valence electrons. The van der Waals surface area contributed by atoms with E-state index in [1.165, 1.54) is 30.7 Å². The molecule has 1 aliphatic carbocycles. The average Bonchev–Trinajstić information content (AvgIpc) is 3.16. The summed E-state index contributed by atoms with van der Waals surface area (Å²) < 4.78 is 19.6. The van der Waals surface area contributed by atoms with Gasteiger partial charge in [0, 0.05) is 23.0 Å². The summed E-state index contributed by atoms with van der Waals surface area (Å²) in [5.74, 6) is 0.629. The van der Waals surface area contributed by atoms with Gasteiger partial charge in [-0.05, 0) is 50.6 Å². The first-order valence-corrected chi connectivity index (χ1v) is 7.58. The van der Waals surface area contributed by atoms with E-state index in [1.807, 2.05) is 19.9 Å². The Hall–Kier alpha value is -1.33. The van der Waals surface area contributed by atoms with Crippen molar-refractivity contribution in [1.29, 1.82) is 0 Å². The summed E-state index contributed by atoms with van der Waals surface area (Å²) in [7, 11) is 0. The van der Waals surface area contributed by atoms with Crippen LogP contribution in [0.2, 0.25) is 0 Å². The first-order valence-electron chi connectivity index (χ1n) is 6.76. The highest BCUT2D eigenvalue weighted by Crippen LogP contribution is 2.32. The van der Waals surface area contributed by atoms with Crippen LogP contribution in [0.4, 0.5) is 4.39 Å². The molecule has 0 radical (unpaired) electrons. The van der Waals surface area contributed by atoms with E-state index in [1.54, 1.807) is 6.07 Å². The van der Waals surface area contributed by atoms with Crippen molar-refractivity contribution in [3.63, 3.8) is 0 Å². The van der Waals surface area contributed by atoms with Gasteiger partial charge in [-0.25, -0.2) is 9.37 Å². The van der Waals surface area contributed by atoms with Crippen LogP contribution in [0.15, 0.2) is 32.7 Å². The molecule has 0 spiro atoms. The van der Waals surface area contributed by atoms with E-state index >= 15 is 0 Å². The molecule has 0 unspecified atom stereocenters. The zero-order valence-electron chi connectivity index (χ0n) is 11.6. The second-order valence-corrected chi connectivity index (χ2v) is 6.09. The van der Waals surface area contributed by atoms with Crippen molar-refractivity contribution in [3.8, 4) is 0 Å². The first-order chi connectivity index (χ1) is 9.63. The van der Waals surface area contributed by atoms with E-state index < -0.39 is 0 Å². The summed E-state index contributed by atoms with van der Waals surface area (Å²) in [6.45, 7) is 4.34.